The summed E-state index contributed by atoms with van der Waals surface area (Å²) in [5.41, 5.74) is 3.84. The first-order valence-corrected chi connectivity index (χ1v) is 8.47. The Morgan fingerprint density at radius 3 is 2.92 bits per heavy atom. The summed E-state index contributed by atoms with van der Waals surface area (Å²) in [4.78, 5) is 15.1. The fraction of sp³-hybridized carbons (Fsp3) is 0.474. The standard InChI is InChI=1S/C19H20N2O3/c1-11-5-6-12(10-20)16-14-7-8-24-19(9-15(22)23,13-3-2-4-13)18(14)21-17(11)16/h5-6,13,21H,2-4,7-9H2,1H3,(H,22,23)/t19-/m0/s1. The molecular weight excluding hydrogens is 304 g/mol. The number of aryl methyl sites for hydroxylation is 1. The molecule has 0 saturated heterocycles. The third kappa shape index (κ3) is 1.99. The van der Waals surface area contributed by atoms with Gasteiger partial charge in [-0.1, -0.05) is 12.5 Å². The van der Waals surface area contributed by atoms with Crippen LogP contribution in [-0.2, 0) is 21.6 Å². The van der Waals surface area contributed by atoms with Crippen LogP contribution in [0.25, 0.3) is 10.9 Å². The number of hydrogen-bond donors (Lipinski definition) is 2. The zero-order valence-corrected chi connectivity index (χ0v) is 13.7. The summed E-state index contributed by atoms with van der Waals surface area (Å²) in [6.45, 7) is 2.51. The summed E-state index contributed by atoms with van der Waals surface area (Å²) >= 11 is 0. The minimum absolute atomic E-state index is 0.0293. The van der Waals surface area contributed by atoms with E-state index in [-0.39, 0.29) is 12.3 Å². The number of rotatable bonds is 3. The molecule has 1 aromatic heterocycles. The molecule has 2 aliphatic rings. The number of carbonyl (C=O) groups is 1. The Hall–Kier alpha value is -2.32. The second-order valence-corrected chi connectivity index (χ2v) is 6.96. The SMILES string of the molecule is Cc1ccc(C#N)c2c3c([nH]c12)[C@](CC(=O)O)(C1CCC1)OCC3. The van der Waals surface area contributed by atoms with Crippen LogP contribution in [0.2, 0.25) is 0 Å². The predicted molar refractivity (Wildman–Crippen MR) is 88.7 cm³/mol. The van der Waals surface area contributed by atoms with Crippen molar-refractivity contribution in [1.82, 2.24) is 4.98 Å². The van der Waals surface area contributed by atoms with E-state index in [9.17, 15) is 15.2 Å². The van der Waals surface area contributed by atoms with Gasteiger partial charge in [-0.3, -0.25) is 4.79 Å². The molecule has 0 radical (unpaired) electrons. The molecule has 0 unspecified atom stereocenters. The third-order valence-corrected chi connectivity index (χ3v) is 5.70. The Bertz CT molecular complexity index is 873. The minimum Gasteiger partial charge on any atom is -0.481 e. The predicted octanol–water partition coefficient (Wildman–Crippen LogP) is 3.39. The van der Waals surface area contributed by atoms with E-state index < -0.39 is 11.6 Å². The van der Waals surface area contributed by atoms with E-state index in [2.05, 4.69) is 11.1 Å². The number of aromatic amines is 1. The summed E-state index contributed by atoms with van der Waals surface area (Å²) in [6.07, 6.45) is 3.78. The summed E-state index contributed by atoms with van der Waals surface area (Å²) in [7, 11) is 0. The van der Waals surface area contributed by atoms with Gasteiger partial charge in [-0.2, -0.15) is 5.26 Å². The molecule has 1 fully saturated rings. The zero-order valence-electron chi connectivity index (χ0n) is 13.7. The molecule has 4 rings (SSSR count). The molecule has 2 heterocycles. The zero-order chi connectivity index (χ0) is 16.9. The van der Waals surface area contributed by atoms with E-state index in [0.717, 1.165) is 47.0 Å². The lowest BCUT2D eigenvalue weighted by molar-refractivity contribution is -0.162. The Labute approximate surface area is 140 Å². The number of nitrogens with zero attached hydrogens (tertiary/aromatic N) is 1. The Morgan fingerprint density at radius 1 is 1.50 bits per heavy atom. The van der Waals surface area contributed by atoms with E-state index >= 15 is 0 Å². The monoisotopic (exact) mass is 324 g/mol. The van der Waals surface area contributed by atoms with Gasteiger partial charge in [0.2, 0.25) is 0 Å². The van der Waals surface area contributed by atoms with Gasteiger partial charge in [-0.15, -0.1) is 0 Å². The molecule has 0 amide bonds. The topological polar surface area (TPSA) is 86.1 Å². The van der Waals surface area contributed by atoms with E-state index in [4.69, 9.17) is 4.74 Å². The molecule has 5 nitrogen and oxygen atoms in total. The van der Waals surface area contributed by atoms with Gasteiger partial charge >= 0.3 is 5.97 Å². The maximum atomic E-state index is 11.6. The number of carboxylic acids is 1. The Morgan fingerprint density at radius 2 is 2.29 bits per heavy atom. The Balaban J connectivity index is 2.00. The second kappa shape index (κ2) is 5.35. The number of aliphatic carboxylic acids is 1. The maximum Gasteiger partial charge on any atom is 0.306 e. The number of aromatic nitrogens is 1. The van der Waals surface area contributed by atoms with Gasteiger partial charge < -0.3 is 14.8 Å². The normalized spacial score (nSPS) is 23.5. The number of H-pyrrole nitrogens is 1. The molecule has 1 aromatic carbocycles. The molecule has 124 valence electrons. The van der Waals surface area contributed by atoms with Crippen LogP contribution in [0.1, 0.15) is 48.1 Å². The van der Waals surface area contributed by atoms with Crippen molar-refractivity contribution in [2.75, 3.05) is 6.61 Å². The highest BCUT2D eigenvalue weighted by Crippen LogP contribution is 2.51. The van der Waals surface area contributed by atoms with E-state index in [1.54, 1.807) is 0 Å². The minimum atomic E-state index is -0.842. The van der Waals surface area contributed by atoms with Crippen molar-refractivity contribution in [1.29, 1.82) is 5.26 Å². The lowest BCUT2D eigenvalue weighted by Gasteiger charge is -2.46. The van der Waals surface area contributed by atoms with E-state index in [1.165, 1.54) is 0 Å². The fourth-order valence-corrected chi connectivity index (χ4v) is 4.32. The van der Waals surface area contributed by atoms with Crippen molar-refractivity contribution in [3.63, 3.8) is 0 Å². The number of ether oxygens (including phenoxy) is 1. The summed E-state index contributed by atoms with van der Waals surface area (Å²) < 4.78 is 6.15. The van der Waals surface area contributed by atoms with Crippen molar-refractivity contribution in [2.24, 2.45) is 5.92 Å². The molecule has 0 spiro atoms. The molecule has 24 heavy (non-hydrogen) atoms. The van der Waals surface area contributed by atoms with Gasteiger partial charge in [0.15, 0.2) is 0 Å². The lowest BCUT2D eigenvalue weighted by Crippen LogP contribution is -2.46. The van der Waals surface area contributed by atoms with Crippen LogP contribution < -0.4 is 0 Å². The summed E-state index contributed by atoms with van der Waals surface area (Å²) in [5.74, 6) is -0.614. The van der Waals surface area contributed by atoms with Gasteiger partial charge in [-0.25, -0.2) is 0 Å². The van der Waals surface area contributed by atoms with Gasteiger partial charge in [0.05, 0.1) is 35.9 Å². The molecule has 1 aliphatic carbocycles. The van der Waals surface area contributed by atoms with Crippen LogP contribution in [0, 0.1) is 24.2 Å². The number of nitriles is 1. The largest absolute Gasteiger partial charge is 0.481 e. The van der Waals surface area contributed by atoms with Crippen molar-refractivity contribution in [3.05, 3.63) is 34.5 Å². The molecule has 0 bridgehead atoms. The van der Waals surface area contributed by atoms with Crippen molar-refractivity contribution >= 4 is 16.9 Å². The van der Waals surface area contributed by atoms with Gasteiger partial charge in [0.25, 0.3) is 0 Å². The number of nitrogens with one attached hydrogen (secondary N) is 1. The average molecular weight is 324 g/mol. The molecule has 2 N–H and O–H groups in total. The van der Waals surface area contributed by atoms with Crippen LogP contribution >= 0.6 is 0 Å². The van der Waals surface area contributed by atoms with Gasteiger partial charge in [0, 0.05) is 5.39 Å². The van der Waals surface area contributed by atoms with E-state index in [1.807, 2.05) is 19.1 Å². The van der Waals surface area contributed by atoms with Crippen LogP contribution in [0.5, 0.6) is 0 Å². The highest BCUT2D eigenvalue weighted by atomic mass is 16.5. The molecule has 5 heteroatoms. The molecule has 1 atom stereocenters. The fourth-order valence-electron chi connectivity index (χ4n) is 4.32. The van der Waals surface area contributed by atoms with Crippen LogP contribution in [0.4, 0.5) is 0 Å². The van der Waals surface area contributed by atoms with Crippen molar-refractivity contribution < 1.29 is 14.6 Å². The number of benzene rings is 1. The van der Waals surface area contributed by atoms with Crippen LogP contribution in [-0.4, -0.2) is 22.7 Å². The van der Waals surface area contributed by atoms with Crippen LogP contribution in [0.3, 0.4) is 0 Å². The number of hydrogen-bond acceptors (Lipinski definition) is 3. The third-order valence-electron chi connectivity index (χ3n) is 5.70. The highest BCUT2D eigenvalue weighted by molar-refractivity contribution is 5.93. The molecule has 1 aliphatic heterocycles. The quantitative estimate of drug-likeness (QED) is 0.906. The molecular formula is C19H20N2O3. The summed E-state index contributed by atoms with van der Waals surface area (Å²) in [5, 5.41) is 20.0. The first-order chi connectivity index (χ1) is 11.6. The van der Waals surface area contributed by atoms with E-state index in [0.29, 0.717) is 18.6 Å². The van der Waals surface area contributed by atoms with Crippen molar-refractivity contribution in [3.8, 4) is 6.07 Å². The van der Waals surface area contributed by atoms with Gasteiger partial charge in [-0.05, 0) is 49.3 Å². The first kappa shape index (κ1) is 15.2. The Kier molecular flexibility index (Phi) is 3.40. The number of fused-ring (bicyclic) bond motifs is 3. The summed E-state index contributed by atoms with van der Waals surface area (Å²) in [6, 6.07) is 6.07. The number of carboxylic acid groups (broad SMARTS) is 1. The molecule has 1 saturated carbocycles. The van der Waals surface area contributed by atoms with Crippen molar-refractivity contribution in [2.45, 2.75) is 44.6 Å². The average Bonchev–Trinajstić information content (AvgIpc) is 2.88. The second-order valence-electron chi connectivity index (χ2n) is 6.96. The lowest BCUT2D eigenvalue weighted by atomic mass is 9.68. The molecule has 2 aromatic rings. The smallest absolute Gasteiger partial charge is 0.306 e. The van der Waals surface area contributed by atoms with Crippen LogP contribution in [0.15, 0.2) is 12.1 Å². The van der Waals surface area contributed by atoms with Gasteiger partial charge in [0.1, 0.15) is 5.60 Å². The maximum absolute atomic E-state index is 11.6. The first-order valence-electron chi connectivity index (χ1n) is 8.47. The highest BCUT2D eigenvalue weighted by Gasteiger charge is 2.50.